The first-order chi connectivity index (χ1) is 12.2. The molecular formula is C20H22N4S. The number of hydrogen-bond acceptors (Lipinski definition) is 5. The third kappa shape index (κ3) is 3.24. The average molecular weight is 350 g/mol. The predicted octanol–water partition coefficient (Wildman–Crippen LogP) is 3.34. The Morgan fingerprint density at radius 2 is 1.88 bits per heavy atom. The van der Waals surface area contributed by atoms with Crippen molar-refractivity contribution in [3.05, 3.63) is 65.7 Å². The second-order valence-corrected chi connectivity index (χ2v) is 7.59. The molecule has 0 saturated carbocycles. The van der Waals surface area contributed by atoms with Crippen LogP contribution in [0.1, 0.15) is 16.7 Å². The van der Waals surface area contributed by atoms with E-state index in [2.05, 4.69) is 52.3 Å². The Bertz CT molecular complexity index is 837. The van der Waals surface area contributed by atoms with Crippen LogP contribution in [0.5, 0.6) is 0 Å². The fourth-order valence-corrected chi connectivity index (χ4v) is 4.29. The number of thioether (sulfide) groups is 1. The zero-order chi connectivity index (χ0) is 17.2. The summed E-state index contributed by atoms with van der Waals surface area (Å²) in [5.74, 6) is 2.34. The zero-order valence-corrected chi connectivity index (χ0v) is 15.0. The highest BCUT2D eigenvalue weighted by Gasteiger charge is 2.18. The van der Waals surface area contributed by atoms with E-state index in [1.165, 1.54) is 17.1 Å². The van der Waals surface area contributed by atoms with Gasteiger partial charge in [0.15, 0.2) is 0 Å². The highest BCUT2D eigenvalue weighted by molar-refractivity contribution is 7.99. The lowest BCUT2D eigenvalue weighted by atomic mass is 9.95. The number of nitrogens with one attached hydrogen (secondary N) is 1. The second-order valence-electron chi connectivity index (χ2n) is 6.36. The highest BCUT2D eigenvalue weighted by Crippen LogP contribution is 2.28. The first-order valence-corrected chi connectivity index (χ1v) is 9.70. The summed E-state index contributed by atoms with van der Waals surface area (Å²) < 4.78 is 0. The first kappa shape index (κ1) is 16.1. The summed E-state index contributed by atoms with van der Waals surface area (Å²) >= 11 is 2.01. The fraction of sp³-hybridized carbons (Fsp3) is 0.250. The van der Waals surface area contributed by atoms with Crippen molar-refractivity contribution in [1.82, 2.24) is 5.43 Å². The summed E-state index contributed by atoms with van der Waals surface area (Å²) in [4.78, 5) is 2.38. The van der Waals surface area contributed by atoms with Crippen LogP contribution in [0.3, 0.4) is 0 Å². The van der Waals surface area contributed by atoms with Gasteiger partial charge in [-0.1, -0.05) is 36.9 Å². The summed E-state index contributed by atoms with van der Waals surface area (Å²) in [7, 11) is 0. The van der Waals surface area contributed by atoms with Crippen LogP contribution in [0, 0.1) is 0 Å². The minimum absolute atomic E-state index is 0.748. The number of nitrogens with zero attached hydrogens (tertiary/aromatic N) is 2. The molecule has 25 heavy (non-hydrogen) atoms. The molecule has 2 aliphatic heterocycles. The van der Waals surface area contributed by atoms with Gasteiger partial charge >= 0.3 is 0 Å². The van der Waals surface area contributed by atoms with Gasteiger partial charge in [0.2, 0.25) is 0 Å². The normalized spacial score (nSPS) is 16.9. The van der Waals surface area contributed by atoms with Crippen LogP contribution in [-0.4, -0.2) is 30.3 Å². The molecule has 0 bridgehead atoms. The third-order valence-corrected chi connectivity index (χ3v) is 5.65. The molecule has 0 aromatic heterocycles. The molecule has 128 valence electrons. The monoisotopic (exact) mass is 350 g/mol. The van der Waals surface area contributed by atoms with Crippen LogP contribution < -0.4 is 16.1 Å². The van der Waals surface area contributed by atoms with E-state index in [1.54, 1.807) is 0 Å². The summed E-state index contributed by atoms with van der Waals surface area (Å²) in [5, 5.41) is 4.50. The van der Waals surface area contributed by atoms with E-state index in [-0.39, 0.29) is 0 Å². The van der Waals surface area contributed by atoms with E-state index in [4.69, 9.17) is 5.73 Å². The smallest absolute Gasteiger partial charge is 0.0729 e. The third-order valence-electron chi connectivity index (χ3n) is 4.70. The van der Waals surface area contributed by atoms with Crippen molar-refractivity contribution in [2.75, 3.05) is 35.2 Å². The molecule has 5 heteroatoms. The minimum Gasteiger partial charge on any atom is -0.397 e. The van der Waals surface area contributed by atoms with Crippen LogP contribution >= 0.6 is 11.8 Å². The van der Waals surface area contributed by atoms with Crippen LogP contribution in [0.2, 0.25) is 0 Å². The van der Waals surface area contributed by atoms with Gasteiger partial charge in [-0.2, -0.15) is 16.9 Å². The van der Waals surface area contributed by atoms with Crippen molar-refractivity contribution in [2.24, 2.45) is 5.10 Å². The van der Waals surface area contributed by atoms with Gasteiger partial charge in [0, 0.05) is 42.1 Å². The second kappa shape index (κ2) is 6.84. The number of hydrazone groups is 1. The number of benzene rings is 2. The van der Waals surface area contributed by atoms with Crippen molar-refractivity contribution < 1.29 is 0 Å². The van der Waals surface area contributed by atoms with E-state index < -0.39 is 0 Å². The van der Waals surface area contributed by atoms with Crippen molar-refractivity contribution in [3.63, 3.8) is 0 Å². The molecule has 1 saturated heterocycles. The summed E-state index contributed by atoms with van der Waals surface area (Å²) in [6.45, 7) is 6.17. The maximum Gasteiger partial charge on any atom is 0.0729 e. The van der Waals surface area contributed by atoms with Gasteiger partial charge in [-0.15, -0.1) is 0 Å². The molecule has 0 amide bonds. The molecule has 2 aromatic rings. The molecule has 2 aliphatic rings. The van der Waals surface area contributed by atoms with Crippen LogP contribution in [-0.2, 0) is 6.42 Å². The van der Waals surface area contributed by atoms with Crippen molar-refractivity contribution >= 4 is 34.5 Å². The minimum atomic E-state index is 0.748. The Morgan fingerprint density at radius 3 is 2.64 bits per heavy atom. The molecule has 2 aromatic carbocycles. The van der Waals surface area contributed by atoms with Crippen LogP contribution in [0.25, 0.3) is 5.70 Å². The number of fused-ring (bicyclic) bond motifs is 1. The standard InChI is InChI=1S/C20H22N4S/c1-14-16-4-2-3-5-17(16)19(23-22-14)13-15-6-7-20(18(21)12-15)24-8-10-25-11-9-24/h2-7,12,22H,1,8-11,13,21H2. The average Bonchev–Trinajstić information content (AvgIpc) is 2.65. The maximum atomic E-state index is 6.36. The van der Waals surface area contributed by atoms with Gasteiger partial charge < -0.3 is 10.6 Å². The lowest BCUT2D eigenvalue weighted by molar-refractivity contribution is 0.860. The molecule has 0 spiro atoms. The Kier molecular flexibility index (Phi) is 4.40. The topological polar surface area (TPSA) is 53.7 Å². The summed E-state index contributed by atoms with van der Waals surface area (Å²) in [6.07, 6.45) is 0.748. The van der Waals surface area contributed by atoms with Crippen LogP contribution in [0.4, 0.5) is 11.4 Å². The van der Waals surface area contributed by atoms with Crippen molar-refractivity contribution in [3.8, 4) is 0 Å². The number of hydrogen-bond donors (Lipinski definition) is 2. The molecule has 0 unspecified atom stereocenters. The number of nitrogen functional groups attached to an aromatic ring is 1. The Balaban J connectivity index is 1.57. The Hall–Kier alpha value is -2.40. The highest BCUT2D eigenvalue weighted by atomic mass is 32.2. The zero-order valence-electron chi connectivity index (χ0n) is 14.2. The van der Waals surface area contributed by atoms with Gasteiger partial charge in [0.05, 0.1) is 22.8 Å². The van der Waals surface area contributed by atoms with Gasteiger partial charge in [0.1, 0.15) is 0 Å². The quantitative estimate of drug-likeness (QED) is 0.834. The van der Waals surface area contributed by atoms with Crippen molar-refractivity contribution in [1.29, 1.82) is 0 Å². The Morgan fingerprint density at radius 1 is 1.12 bits per heavy atom. The SMILES string of the molecule is C=C1NN=C(Cc2ccc(N3CCSCC3)c(N)c2)c2ccccc21. The van der Waals surface area contributed by atoms with E-state index >= 15 is 0 Å². The molecule has 1 fully saturated rings. The molecule has 4 rings (SSSR count). The van der Waals surface area contributed by atoms with Crippen LogP contribution in [0.15, 0.2) is 54.1 Å². The molecular weight excluding hydrogens is 328 g/mol. The van der Waals surface area contributed by atoms with E-state index in [1.807, 2.05) is 23.9 Å². The van der Waals surface area contributed by atoms with E-state index in [9.17, 15) is 0 Å². The number of anilines is 2. The van der Waals surface area contributed by atoms with E-state index in [0.717, 1.165) is 53.4 Å². The van der Waals surface area contributed by atoms with Gasteiger partial charge in [-0.05, 0) is 17.7 Å². The molecule has 3 N–H and O–H groups in total. The van der Waals surface area contributed by atoms with Gasteiger partial charge in [-0.3, -0.25) is 5.43 Å². The Labute approximate surface area is 152 Å². The molecule has 0 radical (unpaired) electrons. The fourth-order valence-electron chi connectivity index (χ4n) is 3.39. The number of rotatable bonds is 3. The van der Waals surface area contributed by atoms with E-state index in [0.29, 0.717) is 0 Å². The maximum absolute atomic E-state index is 6.36. The summed E-state index contributed by atoms with van der Waals surface area (Å²) in [5.41, 5.74) is 16.7. The number of nitrogens with two attached hydrogens (primary N) is 1. The largest absolute Gasteiger partial charge is 0.397 e. The predicted molar refractivity (Wildman–Crippen MR) is 109 cm³/mol. The molecule has 0 aliphatic carbocycles. The molecule has 0 atom stereocenters. The molecule has 4 nitrogen and oxygen atoms in total. The lowest BCUT2D eigenvalue weighted by Crippen LogP contribution is -2.33. The van der Waals surface area contributed by atoms with Crippen molar-refractivity contribution in [2.45, 2.75) is 6.42 Å². The summed E-state index contributed by atoms with van der Waals surface area (Å²) in [6, 6.07) is 14.7. The first-order valence-electron chi connectivity index (χ1n) is 8.55. The lowest BCUT2D eigenvalue weighted by Gasteiger charge is -2.29. The molecule has 2 heterocycles. The van der Waals surface area contributed by atoms with Gasteiger partial charge in [0.25, 0.3) is 0 Å². The van der Waals surface area contributed by atoms with Gasteiger partial charge in [-0.25, -0.2) is 0 Å².